The summed E-state index contributed by atoms with van der Waals surface area (Å²) in [7, 11) is 2.72. The predicted octanol–water partition coefficient (Wildman–Crippen LogP) is -1.69. The van der Waals surface area contributed by atoms with Crippen LogP contribution in [-0.2, 0) is 14.2 Å². The van der Waals surface area contributed by atoms with Gasteiger partial charge in [-0.25, -0.2) is 0 Å². The Bertz CT molecular complexity index is 1460. The van der Waals surface area contributed by atoms with Crippen molar-refractivity contribution < 1.29 is 68.6 Å². The molecule has 3 aromatic rings. The summed E-state index contributed by atoms with van der Waals surface area (Å²) in [5, 5.41) is 71.3. The van der Waals surface area contributed by atoms with E-state index in [-0.39, 0.29) is 51.5 Å². The molecule has 0 spiro atoms. The Balaban J connectivity index is 1.47. The smallest absolute Gasteiger partial charge is 0.229 e. The minimum atomic E-state index is -1.81. The fourth-order valence-electron chi connectivity index (χ4n) is 4.74. The second kappa shape index (κ2) is 11.6. The van der Waals surface area contributed by atoms with Crippen LogP contribution in [0.3, 0.4) is 0 Å². The van der Waals surface area contributed by atoms with Gasteiger partial charge in [-0.05, 0) is 12.1 Å². The molecule has 2 fully saturated rings. The van der Waals surface area contributed by atoms with Crippen molar-refractivity contribution in [3.8, 4) is 23.0 Å². The summed E-state index contributed by atoms with van der Waals surface area (Å²) in [5.41, 5.74) is -0.750. The lowest BCUT2D eigenvalue weighted by Crippen LogP contribution is -2.61. The summed E-state index contributed by atoms with van der Waals surface area (Å²) >= 11 is 0. The van der Waals surface area contributed by atoms with E-state index in [4.69, 9.17) is 32.8 Å². The summed E-state index contributed by atoms with van der Waals surface area (Å²) in [6, 6.07) is 5.39. The first-order valence-electron chi connectivity index (χ1n) is 12.5. The maximum atomic E-state index is 13.6. The molecule has 0 saturated carbocycles. The van der Waals surface area contributed by atoms with E-state index in [0.29, 0.717) is 0 Å². The summed E-state index contributed by atoms with van der Waals surface area (Å²) in [6.07, 6.45) is -14.2. The Hall–Kier alpha value is -3.25. The minimum absolute atomic E-state index is 0.0179. The first-order chi connectivity index (χ1) is 19.5. The topological polar surface area (TPSA) is 227 Å². The van der Waals surface area contributed by atoms with Crippen molar-refractivity contribution in [1.29, 1.82) is 0 Å². The van der Waals surface area contributed by atoms with Crippen LogP contribution < -0.4 is 19.6 Å². The number of benzene rings is 2. The molecule has 5 rings (SSSR count). The van der Waals surface area contributed by atoms with Gasteiger partial charge >= 0.3 is 0 Å². The van der Waals surface area contributed by atoms with Crippen molar-refractivity contribution in [2.45, 2.75) is 55.3 Å². The molecule has 9 atom stereocenters. The molecule has 7 N–H and O–H groups in total. The van der Waals surface area contributed by atoms with E-state index in [1.165, 1.54) is 38.5 Å². The van der Waals surface area contributed by atoms with Crippen LogP contribution in [0.5, 0.6) is 23.0 Å². The fourth-order valence-corrected chi connectivity index (χ4v) is 4.74. The quantitative estimate of drug-likeness (QED) is 0.154. The van der Waals surface area contributed by atoms with E-state index in [1.807, 2.05) is 0 Å². The maximum absolute atomic E-state index is 13.6. The Kier molecular flexibility index (Phi) is 8.24. The van der Waals surface area contributed by atoms with Gasteiger partial charge < -0.3 is 68.6 Å². The molecule has 0 unspecified atom stereocenters. The first-order valence-corrected chi connectivity index (χ1v) is 12.5. The third-order valence-electron chi connectivity index (χ3n) is 7.05. The van der Waals surface area contributed by atoms with Gasteiger partial charge in [0, 0.05) is 12.1 Å². The molecule has 2 aliphatic heterocycles. The number of fused-ring (bicyclic) bond motifs is 2. The molecule has 15 heteroatoms. The standard InChI is InChI=1S/C26H30O15/c1-35-9-5-13-17(20(31)16-10(27)3-4-12(36-2)24(16)39-13)14(6-9)40-26-23(34)21(32)19(30)15(41-26)8-38-25-22(33)18(29)11(28)7-37-25/h3-6,11,15,18-19,21-23,25-30,32-34H,7-8H2,1-2H3/t11-,15-,18+,19-,21+,22-,23-,25+,26-/m1/s1. The SMILES string of the molecule is COc1cc(O[C@@H]2O[C@H](CO[C@@H]3OC[C@@H](O)[C@H](O)[C@H]3O)[C@@H](O)[C@H](O)[C@H]2O)c2c(=O)c3c(O)ccc(OC)c3oc2c1. The van der Waals surface area contributed by atoms with Crippen molar-refractivity contribution in [2.24, 2.45) is 0 Å². The van der Waals surface area contributed by atoms with Gasteiger partial charge in [0.05, 0.1) is 27.4 Å². The number of phenolic OH excluding ortho intramolecular Hbond substituents is 1. The summed E-state index contributed by atoms with van der Waals surface area (Å²) < 4.78 is 38.5. The number of ether oxygens (including phenoxy) is 6. The molecule has 0 radical (unpaired) electrons. The second-order valence-corrected chi connectivity index (χ2v) is 9.64. The Morgan fingerprint density at radius 3 is 2.29 bits per heavy atom. The molecular weight excluding hydrogens is 552 g/mol. The zero-order valence-electron chi connectivity index (χ0n) is 21.8. The average Bonchev–Trinajstić information content (AvgIpc) is 2.96. The Labute approximate surface area is 231 Å². The Morgan fingerprint density at radius 1 is 0.854 bits per heavy atom. The largest absolute Gasteiger partial charge is 0.507 e. The van der Waals surface area contributed by atoms with E-state index < -0.39 is 67.3 Å². The van der Waals surface area contributed by atoms with Gasteiger partial charge in [0.1, 0.15) is 76.3 Å². The van der Waals surface area contributed by atoms with E-state index in [0.717, 1.165) is 0 Å². The lowest BCUT2D eigenvalue weighted by atomic mass is 9.99. The van der Waals surface area contributed by atoms with Crippen LogP contribution in [0.25, 0.3) is 21.9 Å². The van der Waals surface area contributed by atoms with Crippen LogP contribution in [-0.4, -0.2) is 118 Å². The molecule has 1 aromatic heterocycles. The van der Waals surface area contributed by atoms with E-state index in [1.54, 1.807) is 0 Å². The summed E-state index contributed by atoms with van der Waals surface area (Å²) in [6.45, 7) is -0.833. The number of rotatable bonds is 7. The van der Waals surface area contributed by atoms with Crippen LogP contribution in [0.2, 0.25) is 0 Å². The molecular formula is C26H30O15. The lowest BCUT2D eigenvalue weighted by molar-refractivity contribution is -0.307. The normalized spacial score (nSPS) is 32.2. The molecule has 2 saturated heterocycles. The highest BCUT2D eigenvalue weighted by Crippen LogP contribution is 2.38. The number of phenols is 1. The first kappa shape index (κ1) is 29.2. The minimum Gasteiger partial charge on any atom is -0.507 e. The molecule has 224 valence electrons. The van der Waals surface area contributed by atoms with Gasteiger partial charge in [0.15, 0.2) is 17.6 Å². The van der Waals surface area contributed by atoms with Crippen LogP contribution in [0.15, 0.2) is 33.5 Å². The van der Waals surface area contributed by atoms with Gasteiger partial charge in [-0.3, -0.25) is 4.79 Å². The zero-order chi connectivity index (χ0) is 29.6. The molecule has 0 aliphatic carbocycles. The number of aliphatic hydroxyl groups is 6. The van der Waals surface area contributed by atoms with Gasteiger partial charge in [-0.1, -0.05) is 0 Å². The highest BCUT2D eigenvalue weighted by atomic mass is 16.7. The van der Waals surface area contributed by atoms with Gasteiger partial charge in [0.2, 0.25) is 11.7 Å². The van der Waals surface area contributed by atoms with Crippen LogP contribution in [0.1, 0.15) is 0 Å². The molecule has 0 bridgehead atoms. The van der Waals surface area contributed by atoms with Crippen LogP contribution in [0, 0.1) is 0 Å². The van der Waals surface area contributed by atoms with E-state index >= 15 is 0 Å². The summed E-state index contributed by atoms with van der Waals surface area (Å²) in [5.74, 6) is -0.216. The number of hydrogen-bond donors (Lipinski definition) is 7. The van der Waals surface area contributed by atoms with Gasteiger partial charge in [-0.15, -0.1) is 0 Å². The number of aliphatic hydroxyl groups excluding tert-OH is 6. The number of aromatic hydroxyl groups is 1. The maximum Gasteiger partial charge on any atom is 0.229 e. The molecule has 3 heterocycles. The Morgan fingerprint density at radius 2 is 1.59 bits per heavy atom. The van der Waals surface area contributed by atoms with Crippen molar-refractivity contribution in [3.63, 3.8) is 0 Å². The lowest BCUT2D eigenvalue weighted by Gasteiger charge is -2.41. The third kappa shape index (κ3) is 5.27. The monoisotopic (exact) mass is 582 g/mol. The highest BCUT2D eigenvalue weighted by Gasteiger charge is 2.46. The highest BCUT2D eigenvalue weighted by molar-refractivity contribution is 5.98. The molecule has 2 aromatic carbocycles. The second-order valence-electron chi connectivity index (χ2n) is 9.64. The van der Waals surface area contributed by atoms with Crippen molar-refractivity contribution in [3.05, 3.63) is 34.5 Å². The summed E-state index contributed by atoms with van der Waals surface area (Å²) in [4.78, 5) is 13.6. The molecule has 2 aliphatic rings. The molecule has 41 heavy (non-hydrogen) atoms. The van der Waals surface area contributed by atoms with Gasteiger partial charge in [-0.2, -0.15) is 0 Å². The number of hydrogen-bond acceptors (Lipinski definition) is 15. The van der Waals surface area contributed by atoms with Crippen molar-refractivity contribution >= 4 is 21.9 Å². The van der Waals surface area contributed by atoms with E-state index in [2.05, 4.69) is 0 Å². The average molecular weight is 583 g/mol. The fraction of sp³-hybridized carbons (Fsp3) is 0.500. The molecule has 0 amide bonds. The zero-order valence-corrected chi connectivity index (χ0v) is 21.8. The molecule has 15 nitrogen and oxygen atoms in total. The number of methoxy groups -OCH3 is 2. The van der Waals surface area contributed by atoms with Crippen LogP contribution >= 0.6 is 0 Å². The van der Waals surface area contributed by atoms with E-state index in [9.17, 15) is 40.5 Å². The third-order valence-corrected chi connectivity index (χ3v) is 7.05. The predicted molar refractivity (Wildman–Crippen MR) is 136 cm³/mol. The van der Waals surface area contributed by atoms with Crippen molar-refractivity contribution in [2.75, 3.05) is 27.4 Å². The van der Waals surface area contributed by atoms with Crippen LogP contribution in [0.4, 0.5) is 0 Å². The van der Waals surface area contributed by atoms with Crippen molar-refractivity contribution in [1.82, 2.24) is 0 Å². The van der Waals surface area contributed by atoms with Gasteiger partial charge in [0.25, 0.3) is 0 Å².